The highest BCUT2D eigenvalue weighted by Gasteiger charge is 2.26. The summed E-state index contributed by atoms with van der Waals surface area (Å²) < 4.78 is 4.13. The van der Waals surface area contributed by atoms with Gasteiger partial charge >= 0.3 is 0 Å². The van der Waals surface area contributed by atoms with E-state index in [9.17, 15) is 0 Å². The minimum absolute atomic E-state index is 0.0828. The number of hydrogen-bond donors (Lipinski definition) is 1. The third-order valence-corrected chi connectivity index (χ3v) is 4.30. The van der Waals surface area contributed by atoms with Gasteiger partial charge in [-0.3, -0.25) is 4.68 Å². The summed E-state index contributed by atoms with van der Waals surface area (Å²) in [4.78, 5) is 4.61. The standard InChI is InChI=1S/C15H23N5/c1-3-12(16)15(11-8-18-19(2)9-11)20-10-17-13-6-4-5-7-14(13)20/h8-10,12,15H,3-7,16H2,1-2H3. The van der Waals surface area contributed by atoms with Gasteiger partial charge < -0.3 is 10.3 Å². The molecule has 0 fully saturated rings. The zero-order valence-corrected chi connectivity index (χ0v) is 12.3. The third-order valence-electron chi connectivity index (χ3n) is 4.30. The lowest BCUT2D eigenvalue weighted by atomic mass is 9.97. The second-order valence-electron chi connectivity index (χ2n) is 5.72. The number of imidazole rings is 1. The van der Waals surface area contributed by atoms with E-state index in [-0.39, 0.29) is 12.1 Å². The van der Waals surface area contributed by atoms with Crippen LogP contribution in [0.15, 0.2) is 18.7 Å². The Balaban J connectivity index is 2.03. The molecule has 108 valence electrons. The molecule has 2 N–H and O–H groups in total. The first-order valence-corrected chi connectivity index (χ1v) is 7.49. The number of rotatable bonds is 4. The highest BCUT2D eigenvalue weighted by Crippen LogP contribution is 2.28. The Hall–Kier alpha value is -1.62. The van der Waals surface area contributed by atoms with Gasteiger partial charge in [0.1, 0.15) is 0 Å². The normalized spacial score (nSPS) is 17.8. The molecule has 1 aliphatic carbocycles. The van der Waals surface area contributed by atoms with E-state index >= 15 is 0 Å². The van der Waals surface area contributed by atoms with Gasteiger partial charge in [-0.05, 0) is 32.1 Å². The summed E-state index contributed by atoms with van der Waals surface area (Å²) in [5, 5.41) is 4.30. The second kappa shape index (κ2) is 5.40. The molecule has 0 aliphatic heterocycles. The minimum Gasteiger partial charge on any atom is -0.326 e. The molecule has 5 heteroatoms. The smallest absolute Gasteiger partial charge is 0.0958 e. The molecule has 2 aromatic rings. The first-order chi connectivity index (χ1) is 9.70. The van der Waals surface area contributed by atoms with E-state index in [1.165, 1.54) is 29.8 Å². The summed E-state index contributed by atoms with van der Waals surface area (Å²) in [6, 6.07) is 0.225. The van der Waals surface area contributed by atoms with Crippen LogP contribution in [-0.2, 0) is 19.9 Å². The van der Waals surface area contributed by atoms with Gasteiger partial charge in [-0.25, -0.2) is 4.98 Å². The molecule has 2 aromatic heterocycles. The van der Waals surface area contributed by atoms with Crippen LogP contribution in [0.2, 0.25) is 0 Å². The molecule has 2 heterocycles. The summed E-state index contributed by atoms with van der Waals surface area (Å²) in [5.41, 5.74) is 10.2. The fourth-order valence-corrected chi connectivity index (χ4v) is 3.16. The molecule has 0 radical (unpaired) electrons. The van der Waals surface area contributed by atoms with Crippen molar-refractivity contribution in [2.75, 3.05) is 0 Å². The molecule has 2 atom stereocenters. The van der Waals surface area contributed by atoms with Crippen molar-refractivity contribution in [2.45, 2.75) is 51.1 Å². The number of fused-ring (bicyclic) bond motifs is 1. The summed E-state index contributed by atoms with van der Waals surface area (Å²) in [7, 11) is 1.95. The van der Waals surface area contributed by atoms with E-state index in [1.54, 1.807) is 0 Å². The number of nitrogens with zero attached hydrogens (tertiary/aromatic N) is 4. The van der Waals surface area contributed by atoms with Crippen molar-refractivity contribution in [3.05, 3.63) is 35.7 Å². The summed E-state index contributed by atoms with van der Waals surface area (Å²) >= 11 is 0. The maximum atomic E-state index is 6.40. The Morgan fingerprint density at radius 2 is 2.15 bits per heavy atom. The van der Waals surface area contributed by atoms with Crippen molar-refractivity contribution >= 4 is 0 Å². The molecular formula is C15H23N5. The first-order valence-electron chi connectivity index (χ1n) is 7.49. The monoisotopic (exact) mass is 273 g/mol. The van der Waals surface area contributed by atoms with Crippen LogP contribution in [0.3, 0.4) is 0 Å². The van der Waals surface area contributed by atoms with Crippen LogP contribution in [0.25, 0.3) is 0 Å². The van der Waals surface area contributed by atoms with Crippen LogP contribution in [0, 0.1) is 0 Å². The van der Waals surface area contributed by atoms with Crippen LogP contribution in [0.4, 0.5) is 0 Å². The highest BCUT2D eigenvalue weighted by molar-refractivity contribution is 5.23. The van der Waals surface area contributed by atoms with Crippen LogP contribution >= 0.6 is 0 Å². The van der Waals surface area contributed by atoms with E-state index < -0.39 is 0 Å². The zero-order valence-electron chi connectivity index (χ0n) is 12.3. The van der Waals surface area contributed by atoms with Gasteiger partial charge in [0.2, 0.25) is 0 Å². The van der Waals surface area contributed by atoms with Crippen molar-refractivity contribution in [2.24, 2.45) is 12.8 Å². The Bertz CT molecular complexity index is 583. The lowest BCUT2D eigenvalue weighted by Crippen LogP contribution is -2.33. The fourth-order valence-electron chi connectivity index (χ4n) is 3.16. The van der Waals surface area contributed by atoms with E-state index in [0.717, 1.165) is 19.3 Å². The van der Waals surface area contributed by atoms with Crippen LogP contribution < -0.4 is 5.73 Å². The zero-order chi connectivity index (χ0) is 14.1. The van der Waals surface area contributed by atoms with Gasteiger partial charge in [0.05, 0.1) is 24.3 Å². The van der Waals surface area contributed by atoms with Crippen molar-refractivity contribution < 1.29 is 0 Å². The molecule has 0 saturated heterocycles. The average Bonchev–Trinajstić information content (AvgIpc) is 3.07. The summed E-state index contributed by atoms with van der Waals surface area (Å²) in [6.45, 7) is 2.14. The maximum absolute atomic E-state index is 6.40. The SMILES string of the molecule is CCC(N)C(c1cnn(C)c1)n1cnc2c1CCCC2. The Morgan fingerprint density at radius 3 is 2.85 bits per heavy atom. The van der Waals surface area contributed by atoms with Crippen molar-refractivity contribution in [1.29, 1.82) is 0 Å². The molecule has 0 bridgehead atoms. The molecule has 0 spiro atoms. The molecule has 2 unspecified atom stereocenters. The summed E-state index contributed by atoms with van der Waals surface area (Å²) in [6.07, 6.45) is 11.6. The van der Waals surface area contributed by atoms with E-state index in [2.05, 4.69) is 27.8 Å². The molecule has 3 rings (SSSR count). The quantitative estimate of drug-likeness (QED) is 0.924. The van der Waals surface area contributed by atoms with Gasteiger partial charge in [0.25, 0.3) is 0 Å². The molecule has 0 amide bonds. The molecule has 5 nitrogen and oxygen atoms in total. The molecule has 0 aromatic carbocycles. The number of aryl methyl sites for hydroxylation is 2. The van der Waals surface area contributed by atoms with Crippen molar-refractivity contribution in [3.63, 3.8) is 0 Å². The Labute approximate surface area is 119 Å². The predicted molar refractivity (Wildman–Crippen MR) is 78.5 cm³/mol. The van der Waals surface area contributed by atoms with Crippen molar-refractivity contribution in [3.8, 4) is 0 Å². The van der Waals surface area contributed by atoms with Gasteiger partial charge in [0.15, 0.2) is 0 Å². The van der Waals surface area contributed by atoms with Crippen LogP contribution in [0.5, 0.6) is 0 Å². The van der Waals surface area contributed by atoms with E-state index in [1.807, 2.05) is 24.3 Å². The molecule has 1 aliphatic rings. The third kappa shape index (κ3) is 2.26. The molecular weight excluding hydrogens is 250 g/mol. The van der Waals surface area contributed by atoms with Crippen LogP contribution in [0.1, 0.15) is 49.2 Å². The topological polar surface area (TPSA) is 61.7 Å². The van der Waals surface area contributed by atoms with Gasteiger partial charge in [-0.2, -0.15) is 5.10 Å². The highest BCUT2D eigenvalue weighted by atomic mass is 15.2. The van der Waals surface area contributed by atoms with E-state index in [4.69, 9.17) is 5.73 Å². The predicted octanol–water partition coefficient (Wildman–Crippen LogP) is 1.82. The van der Waals surface area contributed by atoms with Crippen LogP contribution in [-0.4, -0.2) is 25.4 Å². The largest absolute Gasteiger partial charge is 0.326 e. The molecule has 0 saturated carbocycles. The lowest BCUT2D eigenvalue weighted by Gasteiger charge is -2.26. The number of aromatic nitrogens is 4. The Kier molecular flexibility index (Phi) is 3.61. The minimum atomic E-state index is 0.0828. The van der Waals surface area contributed by atoms with Gasteiger partial charge in [0, 0.05) is 30.5 Å². The Morgan fingerprint density at radius 1 is 1.35 bits per heavy atom. The number of hydrogen-bond acceptors (Lipinski definition) is 3. The number of nitrogens with two attached hydrogens (primary N) is 1. The maximum Gasteiger partial charge on any atom is 0.0958 e. The second-order valence-corrected chi connectivity index (χ2v) is 5.72. The van der Waals surface area contributed by atoms with Gasteiger partial charge in [-0.15, -0.1) is 0 Å². The fraction of sp³-hybridized carbons (Fsp3) is 0.600. The first kappa shape index (κ1) is 13.4. The lowest BCUT2D eigenvalue weighted by molar-refractivity contribution is 0.441. The summed E-state index contributed by atoms with van der Waals surface area (Å²) in [5.74, 6) is 0. The molecule has 20 heavy (non-hydrogen) atoms. The average molecular weight is 273 g/mol. The van der Waals surface area contributed by atoms with E-state index in [0.29, 0.717) is 0 Å². The van der Waals surface area contributed by atoms with Crippen molar-refractivity contribution in [1.82, 2.24) is 19.3 Å². The van der Waals surface area contributed by atoms with Gasteiger partial charge in [-0.1, -0.05) is 6.92 Å².